The number of ether oxygens (including phenoxy) is 3. The Balaban J connectivity index is 1.69. The Labute approximate surface area is 192 Å². The number of benzene rings is 2. The zero-order chi connectivity index (χ0) is 23.8. The number of esters is 1. The number of hydrogen-bond acceptors (Lipinski definition) is 8. The van der Waals surface area contributed by atoms with Gasteiger partial charge in [-0.25, -0.2) is 0 Å². The number of nitrogens with zero attached hydrogens (tertiary/aromatic N) is 3. The molecule has 3 rings (SSSR count). The third-order valence-electron chi connectivity index (χ3n) is 5.00. The Morgan fingerprint density at radius 2 is 1.64 bits per heavy atom. The van der Waals surface area contributed by atoms with Crippen molar-refractivity contribution in [3.63, 3.8) is 0 Å². The van der Waals surface area contributed by atoms with Gasteiger partial charge in [0.05, 0.1) is 21.3 Å². The monoisotopic (exact) mass is 453 g/mol. The number of aryl methyl sites for hydroxylation is 2. The zero-order valence-electron chi connectivity index (χ0n) is 19.2. The molecule has 3 aromatic rings. The van der Waals surface area contributed by atoms with Gasteiger partial charge >= 0.3 is 5.97 Å². The molecule has 9 heteroatoms. The van der Waals surface area contributed by atoms with Gasteiger partial charge in [0.25, 0.3) is 0 Å². The molecule has 2 aromatic carbocycles. The summed E-state index contributed by atoms with van der Waals surface area (Å²) in [6.45, 7) is 1.99. The van der Waals surface area contributed by atoms with E-state index >= 15 is 0 Å². The summed E-state index contributed by atoms with van der Waals surface area (Å²) in [5, 5.41) is 8.10. The molecule has 1 amide bonds. The van der Waals surface area contributed by atoms with Crippen LogP contribution in [0.4, 0.5) is 0 Å². The number of amides is 1. The molecule has 0 bridgehead atoms. The van der Waals surface area contributed by atoms with Crippen molar-refractivity contribution in [2.75, 3.05) is 27.9 Å². The maximum atomic E-state index is 13.0. The molecule has 0 unspecified atom stereocenters. The molecule has 0 saturated heterocycles. The number of methoxy groups -OCH3 is 3. The molecule has 0 spiro atoms. The molecule has 0 saturated carbocycles. The summed E-state index contributed by atoms with van der Waals surface area (Å²) >= 11 is 0. The molecular weight excluding hydrogens is 426 g/mol. The lowest BCUT2D eigenvalue weighted by Gasteiger charge is -2.22. The molecular formula is C24H27N3O6. The van der Waals surface area contributed by atoms with Gasteiger partial charge in [-0.05, 0) is 36.8 Å². The second-order valence-electron chi connectivity index (χ2n) is 7.41. The first-order chi connectivity index (χ1) is 15.9. The van der Waals surface area contributed by atoms with E-state index in [2.05, 4.69) is 10.2 Å². The van der Waals surface area contributed by atoms with Crippen LogP contribution in [0.3, 0.4) is 0 Å². The number of carbonyl (C=O) groups excluding carboxylic acids is 2. The molecule has 0 N–H and O–H groups in total. The van der Waals surface area contributed by atoms with Crippen LogP contribution < -0.4 is 9.47 Å². The van der Waals surface area contributed by atoms with Crippen molar-refractivity contribution in [3.05, 3.63) is 59.5 Å². The number of rotatable bonds is 10. The van der Waals surface area contributed by atoms with Gasteiger partial charge < -0.3 is 23.5 Å². The molecule has 0 fully saturated rings. The van der Waals surface area contributed by atoms with Crippen molar-refractivity contribution in [2.24, 2.45) is 0 Å². The average molecular weight is 453 g/mol. The summed E-state index contributed by atoms with van der Waals surface area (Å²) in [6, 6.07) is 13.0. The summed E-state index contributed by atoms with van der Waals surface area (Å²) in [5.41, 5.74) is 2.69. The largest absolute Gasteiger partial charge is 0.497 e. The van der Waals surface area contributed by atoms with E-state index in [1.807, 2.05) is 31.2 Å². The highest BCUT2D eigenvalue weighted by molar-refractivity contribution is 5.82. The summed E-state index contributed by atoms with van der Waals surface area (Å²) in [4.78, 5) is 26.3. The minimum Gasteiger partial charge on any atom is -0.497 e. The van der Waals surface area contributed by atoms with E-state index in [0.29, 0.717) is 23.3 Å². The predicted octanol–water partition coefficient (Wildman–Crippen LogP) is 3.20. The summed E-state index contributed by atoms with van der Waals surface area (Å²) in [6.07, 6.45) is 0.338. The van der Waals surface area contributed by atoms with Crippen molar-refractivity contribution < 1.29 is 28.2 Å². The van der Waals surface area contributed by atoms with Crippen LogP contribution in [0.2, 0.25) is 0 Å². The van der Waals surface area contributed by atoms with Crippen LogP contribution in [0.1, 0.15) is 23.4 Å². The smallest absolute Gasteiger partial charge is 0.325 e. The predicted molar refractivity (Wildman–Crippen MR) is 120 cm³/mol. The van der Waals surface area contributed by atoms with Gasteiger partial charge in [0.15, 0.2) is 0 Å². The van der Waals surface area contributed by atoms with E-state index in [-0.39, 0.29) is 31.8 Å². The molecule has 1 aromatic heterocycles. The summed E-state index contributed by atoms with van der Waals surface area (Å²) in [7, 11) is 4.38. The van der Waals surface area contributed by atoms with Crippen LogP contribution in [0, 0.1) is 6.92 Å². The molecule has 174 valence electrons. The Morgan fingerprint density at radius 3 is 2.24 bits per heavy atom. The number of carbonyl (C=O) groups is 2. The van der Waals surface area contributed by atoms with Crippen molar-refractivity contribution in [3.8, 4) is 23.0 Å². The minimum absolute atomic E-state index is 0.0909. The van der Waals surface area contributed by atoms with Gasteiger partial charge in [0, 0.05) is 31.0 Å². The van der Waals surface area contributed by atoms with Crippen LogP contribution in [-0.4, -0.2) is 54.8 Å². The minimum atomic E-state index is -0.516. The average Bonchev–Trinajstić information content (AvgIpc) is 3.31. The van der Waals surface area contributed by atoms with Crippen LogP contribution in [0.15, 0.2) is 46.9 Å². The van der Waals surface area contributed by atoms with Crippen molar-refractivity contribution in [2.45, 2.75) is 26.3 Å². The topological polar surface area (TPSA) is 104 Å². The van der Waals surface area contributed by atoms with E-state index in [9.17, 15) is 9.59 Å². The maximum absolute atomic E-state index is 13.0. The van der Waals surface area contributed by atoms with Crippen LogP contribution in [0.5, 0.6) is 11.5 Å². The van der Waals surface area contributed by atoms with Crippen molar-refractivity contribution in [1.82, 2.24) is 15.1 Å². The SMILES string of the molecule is COC(=O)CN(Cc1cc(OC)cc(OC)c1)C(=O)CCc1nnc(-c2ccc(C)cc2)o1. The molecule has 9 nitrogen and oxygen atoms in total. The Hall–Kier alpha value is -3.88. The number of hydrogen-bond donors (Lipinski definition) is 0. The van der Waals surface area contributed by atoms with Crippen LogP contribution >= 0.6 is 0 Å². The quantitative estimate of drug-likeness (QED) is 0.431. The summed E-state index contributed by atoms with van der Waals surface area (Å²) in [5.74, 6) is 1.15. The first-order valence-electron chi connectivity index (χ1n) is 10.4. The van der Waals surface area contributed by atoms with E-state index < -0.39 is 5.97 Å². The van der Waals surface area contributed by atoms with Gasteiger partial charge in [-0.1, -0.05) is 17.7 Å². The fourth-order valence-corrected chi connectivity index (χ4v) is 3.17. The maximum Gasteiger partial charge on any atom is 0.325 e. The third kappa shape index (κ3) is 6.55. The van der Waals surface area contributed by atoms with E-state index in [4.69, 9.17) is 18.6 Å². The third-order valence-corrected chi connectivity index (χ3v) is 5.00. The summed E-state index contributed by atoms with van der Waals surface area (Å²) < 4.78 is 21.0. The lowest BCUT2D eigenvalue weighted by atomic mass is 10.1. The molecule has 33 heavy (non-hydrogen) atoms. The Morgan fingerprint density at radius 1 is 0.970 bits per heavy atom. The first-order valence-corrected chi connectivity index (χ1v) is 10.4. The fourth-order valence-electron chi connectivity index (χ4n) is 3.17. The second kappa shape index (κ2) is 11.1. The van der Waals surface area contributed by atoms with E-state index in [1.54, 1.807) is 32.4 Å². The Bertz CT molecular complexity index is 1070. The standard InChI is InChI=1S/C24H27N3O6/c1-16-5-7-18(8-6-16)24-26-25-21(33-24)9-10-22(28)27(15-23(29)32-4)14-17-11-19(30-2)13-20(12-17)31-3/h5-8,11-13H,9-10,14-15H2,1-4H3. The molecule has 0 aliphatic carbocycles. The molecule has 1 heterocycles. The van der Waals surface area contributed by atoms with E-state index in [0.717, 1.165) is 16.7 Å². The van der Waals surface area contributed by atoms with Gasteiger partial charge in [0.1, 0.15) is 18.0 Å². The van der Waals surface area contributed by atoms with Crippen LogP contribution in [-0.2, 0) is 27.3 Å². The van der Waals surface area contributed by atoms with Crippen molar-refractivity contribution >= 4 is 11.9 Å². The normalized spacial score (nSPS) is 10.5. The lowest BCUT2D eigenvalue weighted by molar-refractivity contribution is -0.147. The first kappa shape index (κ1) is 23.8. The van der Waals surface area contributed by atoms with Gasteiger partial charge in [0.2, 0.25) is 17.7 Å². The lowest BCUT2D eigenvalue weighted by Crippen LogP contribution is -2.36. The molecule has 0 atom stereocenters. The zero-order valence-corrected chi connectivity index (χ0v) is 19.2. The number of aromatic nitrogens is 2. The second-order valence-corrected chi connectivity index (χ2v) is 7.41. The molecule has 0 aliphatic rings. The van der Waals surface area contributed by atoms with Gasteiger partial charge in [-0.2, -0.15) is 0 Å². The van der Waals surface area contributed by atoms with Crippen LogP contribution in [0.25, 0.3) is 11.5 Å². The fraction of sp³-hybridized carbons (Fsp3) is 0.333. The van der Waals surface area contributed by atoms with Crippen molar-refractivity contribution in [1.29, 1.82) is 0 Å². The highest BCUT2D eigenvalue weighted by Gasteiger charge is 2.20. The van der Waals surface area contributed by atoms with E-state index in [1.165, 1.54) is 12.0 Å². The highest BCUT2D eigenvalue weighted by Crippen LogP contribution is 2.24. The van der Waals surface area contributed by atoms with Gasteiger partial charge in [-0.15, -0.1) is 10.2 Å². The molecule has 0 radical (unpaired) electrons. The van der Waals surface area contributed by atoms with Gasteiger partial charge in [-0.3, -0.25) is 9.59 Å². The highest BCUT2D eigenvalue weighted by atomic mass is 16.5. The Kier molecular flexibility index (Phi) is 8.01. The molecule has 0 aliphatic heterocycles.